The normalized spacial score (nSPS) is 15.6. The number of benzene rings is 1. The fourth-order valence-electron chi connectivity index (χ4n) is 1.65. The molecule has 1 nitrogen and oxygen atoms in total. The summed E-state index contributed by atoms with van der Waals surface area (Å²) in [6.45, 7) is 8.09. The largest absolute Gasteiger partial charge is 0.388 e. The van der Waals surface area contributed by atoms with Crippen LogP contribution in [0.4, 0.5) is 8.78 Å². The van der Waals surface area contributed by atoms with E-state index in [-0.39, 0.29) is 21.4 Å². The molecule has 18 heavy (non-hydrogen) atoms. The molecule has 1 N–H and O–H groups in total. The van der Waals surface area contributed by atoms with Gasteiger partial charge in [-0.05, 0) is 45.8 Å². The molecule has 0 aliphatic heterocycles. The zero-order chi connectivity index (χ0) is 14.1. The van der Waals surface area contributed by atoms with Crippen molar-refractivity contribution in [2.45, 2.75) is 40.2 Å². The van der Waals surface area contributed by atoms with E-state index in [9.17, 15) is 13.9 Å². The number of aliphatic hydroxyl groups excluding tert-OH is 1. The summed E-state index contributed by atoms with van der Waals surface area (Å²) in [5, 5.41) is 10.0. The van der Waals surface area contributed by atoms with Crippen molar-refractivity contribution in [3.63, 3.8) is 0 Å². The van der Waals surface area contributed by atoms with Gasteiger partial charge in [-0.2, -0.15) is 0 Å². The molecule has 4 heteroatoms. The van der Waals surface area contributed by atoms with Crippen molar-refractivity contribution in [2.24, 2.45) is 11.3 Å². The molecule has 0 saturated heterocycles. The molecule has 2 unspecified atom stereocenters. The Morgan fingerprint density at radius 3 is 2.33 bits per heavy atom. The molecule has 0 aliphatic carbocycles. The van der Waals surface area contributed by atoms with Crippen LogP contribution in [0, 0.1) is 23.0 Å². The maximum absolute atomic E-state index is 13.8. The Hall–Kier alpha value is -0.480. The van der Waals surface area contributed by atoms with Crippen LogP contribution in [0.1, 0.15) is 45.8 Å². The summed E-state index contributed by atoms with van der Waals surface area (Å²) in [7, 11) is 0. The monoisotopic (exact) mass is 320 g/mol. The molecule has 0 saturated carbocycles. The molecule has 0 bridgehead atoms. The van der Waals surface area contributed by atoms with E-state index in [0.29, 0.717) is 6.42 Å². The summed E-state index contributed by atoms with van der Waals surface area (Å²) in [5.74, 6) is -1.28. The first-order valence-electron chi connectivity index (χ1n) is 5.96. The van der Waals surface area contributed by atoms with Crippen molar-refractivity contribution in [1.29, 1.82) is 0 Å². The SMILES string of the molecule is CC(CC(O)c1c(F)ccc(Br)c1F)C(C)(C)C. The van der Waals surface area contributed by atoms with Crippen LogP contribution in [0.25, 0.3) is 0 Å². The van der Waals surface area contributed by atoms with E-state index in [4.69, 9.17) is 0 Å². The number of aliphatic hydroxyl groups is 1. The van der Waals surface area contributed by atoms with E-state index in [1.165, 1.54) is 6.07 Å². The highest BCUT2D eigenvalue weighted by molar-refractivity contribution is 9.10. The average molecular weight is 321 g/mol. The zero-order valence-corrected chi connectivity index (χ0v) is 12.7. The fraction of sp³-hybridized carbons (Fsp3) is 0.571. The predicted octanol–water partition coefficient (Wildman–Crippen LogP) is 4.83. The third-order valence-electron chi connectivity index (χ3n) is 3.47. The lowest BCUT2D eigenvalue weighted by Gasteiger charge is -2.29. The number of rotatable bonds is 3. The quantitative estimate of drug-likeness (QED) is 0.790. The van der Waals surface area contributed by atoms with Gasteiger partial charge in [0.05, 0.1) is 16.1 Å². The lowest BCUT2D eigenvalue weighted by molar-refractivity contribution is 0.104. The molecular formula is C14H19BrF2O. The van der Waals surface area contributed by atoms with Gasteiger partial charge in [-0.15, -0.1) is 0 Å². The molecule has 0 heterocycles. The Morgan fingerprint density at radius 1 is 1.28 bits per heavy atom. The molecule has 1 aromatic carbocycles. The minimum absolute atomic E-state index is 0.0139. The van der Waals surface area contributed by atoms with Gasteiger partial charge in [-0.1, -0.05) is 27.7 Å². The van der Waals surface area contributed by atoms with Gasteiger partial charge in [-0.25, -0.2) is 8.78 Å². The van der Waals surface area contributed by atoms with Crippen LogP contribution in [-0.2, 0) is 0 Å². The van der Waals surface area contributed by atoms with Crippen LogP contribution in [0.5, 0.6) is 0 Å². The summed E-state index contributed by atoms with van der Waals surface area (Å²) in [6.07, 6.45) is -0.801. The van der Waals surface area contributed by atoms with Crippen molar-refractivity contribution >= 4 is 15.9 Å². The van der Waals surface area contributed by atoms with Gasteiger partial charge in [0.1, 0.15) is 11.6 Å². The molecule has 0 spiro atoms. The number of hydrogen-bond acceptors (Lipinski definition) is 1. The second-order valence-electron chi connectivity index (χ2n) is 5.78. The first-order chi connectivity index (χ1) is 8.14. The highest BCUT2D eigenvalue weighted by Gasteiger charge is 2.27. The molecule has 0 radical (unpaired) electrons. The third kappa shape index (κ3) is 3.51. The average Bonchev–Trinajstić information content (AvgIpc) is 2.22. The zero-order valence-electron chi connectivity index (χ0n) is 11.1. The van der Waals surface area contributed by atoms with Gasteiger partial charge < -0.3 is 5.11 Å². The minimum Gasteiger partial charge on any atom is -0.388 e. The first-order valence-corrected chi connectivity index (χ1v) is 6.75. The van der Waals surface area contributed by atoms with Crippen molar-refractivity contribution < 1.29 is 13.9 Å². The van der Waals surface area contributed by atoms with Crippen LogP contribution in [0.15, 0.2) is 16.6 Å². The molecule has 1 aromatic rings. The topological polar surface area (TPSA) is 20.2 Å². The van der Waals surface area contributed by atoms with Crippen molar-refractivity contribution in [3.8, 4) is 0 Å². The van der Waals surface area contributed by atoms with E-state index in [1.807, 2.05) is 27.7 Å². The lowest BCUT2D eigenvalue weighted by Crippen LogP contribution is -2.20. The van der Waals surface area contributed by atoms with Crippen LogP contribution in [0.3, 0.4) is 0 Å². The van der Waals surface area contributed by atoms with Crippen molar-refractivity contribution in [3.05, 3.63) is 33.8 Å². The van der Waals surface area contributed by atoms with Gasteiger partial charge >= 0.3 is 0 Å². The Bertz CT molecular complexity index is 427. The van der Waals surface area contributed by atoms with Gasteiger partial charge in [0.2, 0.25) is 0 Å². The lowest BCUT2D eigenvalue weighted by atomic mass is 9.78. The summed E-state index contributed by atoms with van der Waals surface area (Å²) < 4.78 is 27.6. The summed E-state index contributed by atoms with van der Waals surface area (Å²) in [6, 6.07) is 2.46. The van der Waals surface area contributed by atoms with Crippen LogP contribution >= 0.6 is 15.9 Å². The predicted molar refractivity (Wildman–Crippen MR) is 72.3 cm³/mol. The van der Waals surface area contributed by atoms with Crippen LogP contribution in [0.2, 0.25) is 0 Å². The highest BCUT2D eigenvalue weighted by atomic mass is 79.9. The van der Waals surface area contributed by atoms with E-state index >= 15 is 0 Å². The maximum Gasteiger partial charge on any atom is 0.146 e. The standard InChI is InChI=1S/C14H19BrF2O/c1-8(14(2,3)4)7-11(18)12-10(16)6-5-9(15)13(12)17/h5-6,8,11,18H,7H2,1-4H3. The maximum atomic E-state index is 13.8. The molecule has 0 aromatic heterocycles. The second kappa shape index (κ2) is 5.66. The van der Waals surface area contributed by atoms with E-state index in [2.05, 4.69) is 15.9 Å². The molecule has 102 valence electrons. The Morgan fingerprint density at radius 2 is 1.83 bits per heavy atom. The minimum atomic E-state index is -1.13. The Kier molecular flexibility index (Phi) is 4.90. The van der Waals surface area contributed by atoms with Gasteiger partial charge in [0, 0.05) is 0 Å². The number of halogens is 3. The first kappa shape index (κ1) is 15.6. The molecular weight excluding hydrogens is 302 g/mol. The highest BCUT2D eigenvalue weighted by Crippen LogP contribution is 2.35. The van der Waals surface area contributed by atoms with Crippen LogP contribution in [-0.4, -0.2) is 5.11 Å². The van der Waals surface area contributed by atoms with Gasteiger partial charge in [0.25, 0.3) is 0 Å². The van der Waals surface area contributed by atoms with Gasteiger partial charge in [-0.3, -0.25) is 0 Å². The fourth-order valence-corrected chi connectivity index (χ4v) is 2.00. The molecule has 1 rings (SSSR count). The van der Waals surface area contributed by atoms with Gasteiger partial charge in [0.15, 0.2) is 0 Å². The number of hydrogen-bond donors (Lipinski definition) is 1. The third-order valence-corrected chi connectivity index (χ3v) is 4.08. The van der Waals surface area contributed by atoms with Crippen LogP contribution < -0.4 is 0 Å². The molecule has 0 fully saturated rings. The van der Waals surface area contributed by atoms with E-state index < -0.39 is 17.7 Å². The smallest absolute Gasteiger partial charge is 0.146 e. The van der Waals surface area contributed by atoms with E-state index in [0.717, 1.165) is 6.07 Å². The summed E-state index contributed by atoms with van der Waals surface area (Å²) in [4.78, 5) is 0. The molecule has 2 atom stereocenters. The molecule has 0 amide bonds. The van der Waals surface area contributed by atoms with E-state index in [1.54, 1.807) is 0 Å². The van der Waals surface area contributed by atoms with Crippen molar-refractivity contribution in [2.75, 3.05) is 0 Å². The van der Waals surface area contributed by atoms with Crippen molar-refractivity contribution in [1.82, 2.24) is 0 Å². The summed E-state index contributed by atoms with van der Waals surface area (Å²) >= 11 is 3.00. The molecule has 0 aliphatic rings. The Labute approximate surface area is 115 Å². The Balaban J connectivity index is 2.98. The summed E-state index contributed by atoms with van der Waals surface area (Å²) in [5.41, 5.74) is -0.264. The second-order valence-corrected chi connectivity index (χ2v) is 6.63.